The number of amides is 1. The van der Waals surface area contributed by atoms with Crippen molar-refractivity contribution < 1.29 is 22.4 Å². The molecule has 0 radical (unpaired) electrons. The summed E-state index contributed by atoms with van der Waals surface area (Å²) in [6, 6.07) is 2.34. The standard InChI is InChI=1S/C9H3F4NOS/c10-7-5(8(15)14-4-16)2-1-3-6(7)9(11,12)13/h1-3H. The number of halogens is 4. The van der Waals surface area contributed by atoms with Gasteiger partial charge in [-0.2, -0.15) is 18.2 Å². The van der Waals surface area contributed by atoms with Gasteiger partial charge < -0.3 is 0 Å². The first-order valence-electron chi connectivity index (χ1n) is 3.86. The molecular weight excluding hydrogens is 246 g/mol. The van der Waals surface area contributed by atoms with Gasteiger partial charge in [0, 0.05) is 0 Å². The van der Waals surface area contributed by atoms with Crippen LogP contribution in [0.4, 0.5) is 17.6 Å². The lowest BCUT2D eigenvalue weighted by Crippen LogP contribution is -2.11. The number of hydrogen-bond acceptors (Lipinski definition) is 2. The van der Waals surface area contributed by atoms with E-state index in [1.54, 1.807) is 5.16 Å². The van der Waals surface area contributed by atoms with Crippen LogP contribution in [0.2, 0.25) is 0 Å². The lowest BCUT2D eigenvalue weighted by atomic mass is 10.1. The molecule has 0 saturated carbocycles. The number of isothiocyanates is 1. The van der Waals surface area contributed by atoms with Crippen molar-refractivity contribution in [2.24, 2.45) is 4.99 Å². The van der Waals surface area contributed by atoms with Gasteiger partial charge in [0.1, 0.15) is 5.82 Å². The van der Waals surface area contributed by atoms with E-state index in [1.807, 2.05) is 0 Å². The largest absolute Gasteiger partial charge is 0.419 e. The van der Waals surface area contributed by atoms with E-state index in [4.69, 9.17) is 0 Å². The first-order valence-corrected chi connectivity index (χ1v) is 4.26. The summed E-state index contributed by atoms with van der Waals surface area (Å²) in [5.74, 6) is -2.85. The third kappa shape index (κ3) is 2.50. The van der Waals surface area contributed by atoms with Crippen LogP contribution >= 0.6 is 12.2 Å². The number of hydrogen-bond donors (Lipinski definition) is 0. The summed E-state index contributed by atoms with van der Waals surface area (Å²) < 4.78 is 50.1. The van der Waals surface area contributed by atoms with Crippen molar-refractivity contribution >= 4 is 23.3 Å². The molecule has 0 aliphatic carbocycles. The van der Waals surface area contributed by atoms with E-state index in [1.165, 1.54) is 0 Å². The lowest BCUT2D eigenvalue weighted by molar-refractivity contribution is -0.140. The smallest absolute Gasteiger partial charge is 0.266 e. The number of nitrogens with zero attached hydrogens (tertiary/aromatic N) is 1. The molecule has 84 valence electrons. The van der Waals surface area contributed by atoms with E-state index < -0.39 is 29.0 Å². The van der Waals surface area contributed by atoms with E-state index in [9.17, 15) is 22.4 Å². The van der Waals surface area contributed by atoms with Crippen LogP contribution in [0.25, 0.3) is 0 Å². The second-order valence-electron chi connectivity index (χ2n) is 2.67. The fraction of sp³-hybridized carbons (Fsp3) is 0.111. The monoisotopic (exact) mass is 249 g/mol. The van der Waals surface area contributed by atoms with Gasteiger partial charge in [0.05, 0.1) is 16.3 Å². The first-order chi connectivity index (χ1) is 7.38. The zero-order valence-corrected chi connectivity index (χ0v) is 8.32. The van der Waals surface area contributed by atoms with E-state index in [-0.39, 0.29) is 0 Å². The SMILES string of the molecule is O=C(N=C=S)c1cccc(C(F)(F)F)c1F. The van der Waals surface area contributed by atoms with Gasteiger partial charge in [-0.25, -0.2) is 4.39 Å². The minimum atomic E-state index is -4.86. The van der Waals surface area contributed by atoms with Crippen molar-refractivity contribution in [1.82, 2.24) is 0 Å². The van der Waals surface area contributed by atoms with Gasteiger partial charge in [-0.1, -0.05) is 6.07 Å². The van der Waals surface area contributed by atoms with E-state index in [0.29, 0.717) is 6.07 Å². The number of rotatable bonds is 1. The van der Waals surface area contributed by atoms with E-state index >= 15 is 0 Å². The van der Waals surface area contributed by atoms with Crippen molar-refractivity contribution in [1.29, 1.82) is 0 Å². The Morgan fingerprint density at radius 1 is 1.38 bits per heavy atom. The van der Waals surface area contributed by atoms with Gasteiger partial charge in [0.2, 0.25) is 0 Å². The molecule has 16 heavy (non-hydrogen) atoms. The highest BCUT2D eigenvalue weighted by Gasteiger charge is 2.35. The Hall–Kier alpha value is -1.59. The topological polar surface area (TPSA) is 29.4 Å². The Bertz CT molecular complexity index is 477. The lowest BCUT2D eigenvalue weighted by Gasteiger charge is -2.08. The molecule has 0 fully saturated rings. The first kappa shape index (κ1) is 12.5. The van der Waals surface area contributed by atoms with Gasteiger partial charge >= 0.3 is 6.18 Å². The summed E-state index contributed by atoms with van der Waals surface area (Å²) in [6.45, 7) is 0. The molecule has 7 heteroatoms. The van der Waals surface area contributed by atoms with Gasteiger partial charge in [-0.15, -0.1) is 0 Å². The Morgan fingerprint density at radius 2 is 2.00 bits per heavy atom. The second-order valence-corrected chi connectivity index (χ2v) is 2.86. The average molecular weight is 249 g/mol. The predicted octanol–water partition coefficient (Wildman–Crippen LogP) is 3.09. The molecule has 0 aliphatic rings. The molecule has 0 heterocycles. The molecule has 1 amide bonds. The van der Waals surface area contributed by atoms with Crippen molar-refractivity contribution in [3.63, 3.8) is 0 Å². The number of carbonyl (C=O) groups is 1. The number of alkyl halides is 3. The van der Waals surface area contributed by atoms with Crippen LogP contribution in [-0.4, -0.2) is 11.1 Å². The molecule has 0 aliphatic heterocycles. The molecule has 0 unspecified atom stereocenters. The maximum Gasteiger partial charge on any atom is 0.419 e. The normalized spacial score (nSPS) is 10.8. The van der Waals surface area contributed by atoms with Crippen molar-refractivity contribution in [2.45, 2.75) is 6.18 Å². The molecule has 1 aromatic carbocycles. The van der Waals surface area contributed by atoms with Crippen LogP contribution in [0.1, 0.15) is 15.9 Å². The molecule has 0 saturated heterocycles. The summed E-state index contributed by atoms with van der Waals surface area (Å²) in [5.41, 5.74) is -2.30. The number of aliphatic imine (C=N–C) groups is 1. The molecule has 2 nitrogen and oxygen atoms in total. The fourth-order valence-electron chi connectivity index (χ4n) is 1.02. The minimum Gasteiger partial charge on any atom is -0.266 e. The molecule has 1 aromatic rings. The van der Waals surface area contributed by atoms with Crippen molar-refractivity contribution in [3.05, 3.63) is 35.1 Å². The second kappa shape index (κ2) is 4.51. The molecular formula is C9H3F4NOS. The van der Waals surface area contributed by atoms with Gasteiger partial charge in [0.15, 0.2) is 0 Å². The predicted molar refractivity (Wildman–Crippen MR) is 50.8 cm³/mol. The summed E-state index contributed by atoms with van der Waals surface area (Å²) in [4.78, 5) is 13.9. The molecule has 0 bridgehead atoms. The average Bonchev–Trinajstić information content (AvgIpc) is 2.16. The maximum absolute atomic E-state index is 13.3. The van der Waals surface area contributed by atoms with Crippen LogP contribution in [0, 0.1) is 5.82 Å². The van der Waals surface area contributed by atoms with Gasteiger partial charge in [-0.05, 0) is 24.4 Å². The van der Waals surface area contributed by atoms with E-state index in [2.05, 4.69) is 17.2 Å². The van der Waals surface area contributed by atoms with Crippen molar-refractivity contribution in [3.8, 4) is 0 Å². The number of benzene rings is 1. The quantitative estimate of drug-likeness (QED) is 0.435. The van der Waals surface area contributed by atoms with Crippen LogP contribution in [-0.2, 0) is 6.18 Å². The summed E-state index contributed by atoms with van der Waals surface area (Å²) in [6.07, 6.45) is -4.86. The number of thiocarbonyl (C=S) groups is 1. The Morgan fingerprint density at radius 3 is 2.50 bits per heavy atom. The third-order valence-electron chi connectivity index (χ3n) is 1.68. The Kier molecular flexibility index (Phi) is 3.51. The highest BCUT2D eigenvalue weighted by Crippen LogP contribution is 2.32. The van der Waals surface area contributed by atoms with Gasteiger partial charge in [0.25, 0.3) is 5.91 Å². The van der Waals surface area contributed by atoms with Crippen LogP contribution in [0.3, 0.4) is 0 Å². The van der Waals surface area contributed by atoms with Crippen LogP contribution < -0.4 is 0 Å². The maximum atomic E-state index is 13.3. The number of carbonyl (C=O) groups excluding carboxylic acids is 1. The van der Waals surface area contributed by atoms with Crippen LogP contribution in [0.5, 0.6) is 0 Å². The van der Waals surface area contributed by atoms with Crippen LogP contribution in [0.15, 0.2) is 23.2 Å². The molecule has 0 N–H and O–H groups in total. The molecule has 0 aromatic heterocycles. The molecule has 0 atom stereocenters. The minimum absolute atomic E-state index is 0.535. The zero-order chi connectivity index (χ0) is 12.3. The van der Waals surface area contributed by atoms with E-state index in [0.717, 1.165) is 12.1 Å². The highest BCUT2D eigenvalue weighted by molar-refractivity contribution is 7.78. The molecule has 0 spiro atoms. The van der Waals surface area contributed by atoms with Gasteiger partial charge in [-0.3, -0.25) is 4.79 Å². The zero-order valence-electron chi connectivity index (χ0n) is 7.51. The fourth-order valence-corrected chi connectivity index (χ4v) is 1.10. The summed E-state index contributed by atoms with van der Waals surface area (Å²) >= 11 is 4.10. The Balaban J connectivity index is 3.35. The highest BCUT2D eigenvalue weighted by atomic mass is 32.1. The summed E-state index contributed by atoms with van der Waals surface area (Å²) in [7, 11) is 0. The summed E-state index contributed by atoms with van der Waals surface area (Å²) in [5, 5.41) is 1.66. The van der Waals surface area contributed by atoms with Crippen molar-refractivity contribution in [2.75, 3.05) is 0 Å². The molecule has 1 rings (SSSR count). The third-order valence-corrected chi connectivity index (χ3v) is 1.77. The Labute approximate surface area is 92.6 Å².